The van der Waals surface area contributed by atoms with Crippen molar-refractivity contribution in [2.24, 2.45) is 5.92 Å². The van der Waals surface area contributed by atoms with Crippen LogP contribution in [0.1, 0.15) is 37.2 Å². The molecule has 24 heavy (non-hydrogen) atoms. The van der Waals surface area contributed by atoms with E-state index in [0.29, 0.717) is 30.5 Å². The van der Waals surface area contributed by atoms with Gasteiger partial charge in [-0.2, -0.15) is 5.10 Å². The third kappa shape index (κ3) is 5.27. The monoisotopic (exact) mass is 350 g/mol. The summed E-state index contributed by atoms with van der Waals surface area (Å²) >= 11 is 6.12. The molecule has 5 nitrogen and oxygen atoms in total. The van der Waals surface area contributed by atoms with E-state index in [-0.39, 0.29) is 6.42 Å². The lowest BCUT2D eigenvalue weighted by atomic mass is 10.2. The van der Waals surface area contributed by atoms with Crippen molar-refractivity contribution in [1.82, 2.24) is 9.78 Å². The standard InChI is InChI=1S/C18H23ClN2O3/c1-12(2)11-24-17-6-4-15(19)9-14(17)10-21-13(3)8-16(20-21)5-7-18(22)23/h4,6,8-9,12H,5,7,10-11H2,1-3H3,(H,22,23). The van der Waals surface area contributed by atoms with Crippen LogP contribution in [0.2, 0.25) is 5.02 Å². The predicted octanol–water partition coefficient (Wildman–Crippen LogP) is 3.95. The van der Waals surface area contributed by atoms with Gasteiger partial charge in [0.1, 0.15) is 5.75 Å². The summed E-state index contributed by atoms with van der Waals surface area (Å²) in [5.74, 6) is 0.416. The summed E-state index contributed by atoms with van der Waals surface area (Å²) in [6.07, 6.45) is 0.506. The number of aryl methyl sites for hydroxylation is 2. The molecule has 0 saturated carbocycles. The molecular weight excluding hydrogens is 328 g/mol. The number of aliphatic carboxylic acids is 1. The number of carboxylic acid groups (broad SMARTS) is 1. The summed E-state index contributed by atoms with van der Waals surface area (Å²) < 4.78 is 7.73. The van der Waals surface area contributed by atoms with Gasteiger partial charge in [0.25, 0.3) is 0 Å². The molecule has 0 fully saturated rings. The van der Waals surface area contributed by atoms with Gasteiger partial charge in [-0.05, 0) is 37.1 Å². The summed E-state index contributed by atoms with van der Waals surface area (Å²) in [4.78, 5) is 10.7. The van der Waals surface area contributed by atoms with Crippen LogP contribution in [0.15, 0.2) is 24.3 Å². The lowest BCUT2D eigenvalue weighted by Gasteiger charge is -2.14. The van der Waals surface area contributed by atoms with E-state index < -0.39 is 5.97 Å². The molecule has 6 heteroatoms. The summed E-state index contributed by atoms with van der Waals surface area (Å²) in [5, 5.41) is 13.9. The van der Waals surface area contributed by atoms with E-state index in [1.165, 1.54) is 0 Å². The zero-order valence-electron chi connectivity index (χ0n) is 14.3. The summed E-state index contributed by atoms with van der Waals surface area (Å²) in [5.41, 5.74) is 2.71. The first kappa shape index (κ1) is 18.3. The second-order valence-corrected chi connectivity index (χ2v) is 6.72. The summed E-state index contributed by atoms with van der Waals surface area (Å²) in [7, 11) is 0. The molecule has 1 heterocycles. The Hall–Kier alpha value is -2.01. The normalized spacial score (nSPS) is 11.0. The third-order valence-electron chi connectivity index (χ3n) is 3.54. The molecule has 0 aliphatic heterocycles. The van der Waals surface area contributed by atoms with Crippen LogP contribution in [0.5, 0.6) is 5.75 Å². The van der Waals surface area contributed by atoms with Gasteiger partial charge in [-0.3, -0.25) is 9.48 Å². The Labute approximate surface area is 147 Å². The zero-order chi connectivity index (χ0) is 17.7. The Morgan fingerprint density at radius 3 is 2.79 bits per heavy atom. The fourth-order valence-corrected chi connectivity index (χ4v) is 2.52. The molecule has 0 spiro atoms. The number of hydrogen-bond donors (Lipinski definition) is 1. The molecule has 1 N–H and O–H groups in total. The van der Waals surface area contributed by atoms with Crippen LogP contribution >= 0.6 is 11.6 Å². The van der Waals surface area contributed by atoms with Crippen molar-refractivity contribution >= 4 is 17.6 Å². The largest absolute Gasteiger partial charge is 0.493 e. The molecule has 0 bridgehead atoms. The summed E-state index contributed by atoms with van der Waals surface area (Å²) in [6, 6.07) is 7.50. The van der Waals surface area contributed by atoms with E-state index in [1.807, 2.05) is 35.9 Å². The molecule has 0 radical (unpaired) electrons. The van der Waals surface area contributed by atoms with E-state index in [9.17, 15) is 4.79 Å². The average molecular weight is 351 g/mol. The van der Waals surface area contributed by atoms with E-state index in [1.54, 1.807) is 0 Å². The van der Waals surface area contributed by atoms with Gasteiger partial charge in [-0.15, -0.1) is 0 Å². The molecule has 1 aromatic heterocycles. The number of rotatable bonds is 8. The second kappa shape index (κ2) is 8.20. The fourth-order valence-electron chi connectivity index (χ4n) is 2.33. The maximum Gasteiger partial charge on any atom is 0.303 e. The number of benzene rings is 1. The number of aromatic nitrogens is 2. The molecule has 0 atom stereocenters. The quantitative estimate of drug-likeness (QED) is 0.783. The Morgan fingerprint density at radius 1 is 1.38 bits per heavy atom. The van der Waals surface area contributed by atoms with Gasteiger partial charge in [-0.1, -0.05) is 25.4 Å². The number of carbonyl (C=O) groups is 1. The van der Waals surface area contributed by atoms with E-state index in [2.05, 4.69) is 18.9 Å². The second-order valence-electron chi connectivity index (χ2n) is 6.29. The highest BCUT2D eigenvalue weighted by atomic mass is 35.5. The number of carboxylic acids is 1. The van der Waals surface area contributed by atoms with Gasteiger partial charge in [0.2, 0.25) is 0 Å². The zero-order valence-corrected chi connectivity index (χ0v) is 15.0. The van der Waals surface area contributed by atoms with Crippen LogP contribution < -0.4 is 4.74 Å². The topological polar surface area (TPSA) is 64.3 Å². The van der Waals surface area contributed by atoms with Crippen LogP contribution in [0.3, 0.4) is 0 Å². The lowest BCUT2D eigenvalue weighted by Crippen LogP contribution is -2.09. The third-order valence-corrected chi connectivity index (χ3v) is 3.78. The minimum atomic E-state index is -0.818. The first-order valence-electron chi connectivity index (χ1n) is 8.01. The predicted molar refractivity (Wildman–Crippen MR) is 93.8 cm³/mol. The van der Waals surface area contributed by atoms with E-state index in [4.69, 9.17) is 21.4 Å². The minimum absolute atomic E-state index is 0.0797. The summed E-state index contributed by atoms with van der Waals surface area (Å²) in [6.45, 7) is 7.32. The van der Waals surface area contributed by atoms with Gasteiger partial charge in [0, 0.05) is 22.7 Å². The molecular formula is C18H23ClN2O3. The van der Waals surface area contributed by atoms with Crippen LogP contribution in [-0.4, -0.2) is 27.5 Å². The van der Waals surface area contributed by atoms with Crippen LogP contribution in [0.4, 0.5) is 0 Å². The average Bonchev–Trinajstić information content (AvgIpc) is 2.84. The molecule has 2 rings (SSSR count). The van der Waals surface area contributed by atoms with Crippen molar-refractivity contribution in [3.8, 4) is 5.75 Å². The van der Waals surface area contributed by atoms with Crippen LogP contribution in [0, 0.1) is 12.8 Å². The van der Waals surface area contributed by atoms with Crippen molar-refractivity contribution < 1.29 is 14.6 Å². The number of ether oxygens (including phenoxy) is 1. The van der Waals surface area contributed by atoms with E-state index in [0.717, 1.165) is 22.7 Å². The Morgan fingerprint density at radius 2 is 2.12 bits per heavy atom. The molecule has 0 amide bonds. The van der Waals surface area contributed by atoms with Crippen molar-refractivity contribution in [2.45, 2.75) is 40.2 Å². The smallest absolute Gasteiger partial charge is 0.303 e. The van der Waals surface area contributed by atoms with Crippen molar-refractivity contribution in [1.29, 1.82) is 0 Å². The van der Waals surface area contributed by atoms with Crippen molar-refractivity contribution in [3.05, 3.63) is 46.2 Å². The first-order valence-corrected chi connectivity index (χ1v) is 8.39. The van der Waals surface area contributed by atoms with Crippen molar-refractivity contribution in [2.75, 3.05) is 6.61 Å². The Bertz CT molecular complexity index is 710. The number of halogens is 1. The fraction of sp³-hybridized carbons (Fsp3) is 0.444. The lowest BCUT2D eigenvalue weighted by molar-refractivity contribution is -0.136. The van der Waals surface area contributed by atoms with E-state index >= 15 is 0 Å². The van der Waals surface area contributed by atoms with Crippen LogP contribution in [0.25, 0.3) is 0 Å². The molecule has 1 aromatic carbocycles. The minimum Gasteiger partial charge on any atom is -0.493 e. The molecule has 0 aliphatic carbocycles. The Balaban J connectivity index is 2.17. The highest BCUT2D eigenvalue weighted by molar-refractivity contribution is 6.30. The molecule has 0 unspecified atom stereocenters. The Kier molecular flexibility index (Phi) is 6.26. The molecule has 130 valence electrons. The number of nitrogens with zero attached hydrogens (tertiary/aromatic N) is 2. The van der Waals surface area contributed by atoms with Gasteiger partial charge in [0.15, 0.2) is 0 Å². The first-order chi connectivity index (χ1) is 11.3. The van der Waals surface area contributed by atoms with Gasteiger partial charge in [-0.25, -0.2) is 0 Å². The maximum absolute atomic E-state index is 10.7. The highest BCUT2D eigenvalue weighted by Gasteiger charge is 2.11. The number of hydrogen-bond acceptors (Lipinski definition) is 3. The maximum atomic E-state index is 10.7. The highest BCUT2D eigenvalue weighted by Crippen LogP contribution is 2.25. The van der Waals surface area contributed by atoms with Gasteiger partial charge in [0.05, 0.1) is 25.3 Å². The van der Waals surface area contributed by atoms with Crippen LogP contribution in [-0.2, 0) is 17.8 Å². The van der Waals surface area contributed by atoms with Gasteiger partial charge < -0.3 is 9.84 Å². The molecule has 2 aromatic rings. The molecule has 0 aliphatic rings. The van der Waals surface area contributed by atoms with Crippen molar-refractivity contribution in [3.63, 3.8) is 0 Å². The SMILES string of the molecule is Cc1cc(CCC(=O)O)nn1Cc1cc(Cl)ccc1OCC(C)C. The molecule has 0 saturated heterocycles. The van der Waals surface area contributed by atoms with Gasteiger partial charge >= 0.3 is 5.97 Å².